The Morgan fingerprint density at radius 3 is 2.95 bits per heavy atom. The lowest BCUT2D eigenvalue weighted by Crippen LogP contribution is -2.25. The molecule has 110 valence electrons. The summed E-state index contributed by atoms with van der Waals surface area (Å²) in [5.41, 5.74) is 1.54. The molecule has 1 N–H and O–H groups in total. The zero-order chi connectivity index (χ0) is 15.2. The van der Waals surface area contributed by atoms with E-state index in [1.807, 2.05) is 30.3 Å². The number of rotatable bonds is 4. The average molecular weight is 303 g/mol. The molecule has 0 atom stereocenters. The molecule has 6 heteroatoms. The lowest BCUT2D eigenvalue weighted by Gasteiger charge is -2.16. The molecular formula is C15H17N3O2S. The van der Waals surface area contributed by atoms with Gasteiger partial charge in [0.2, 0.25) is 0 Å². The van der Waals surface area contributed by atoms with E-state index in [1.165, 1.54) is 16.0 Å². The number of hydrogen-bond acceptors (Lipinski definition) is 5. The van der Waals surface area contributed by atoms with E-state index in [4.69, 9.17) is 5.11 Å². The van der Waals surface area contributed by atoms with Gasteiger partial charge in [-0.1, -0.05) is 11.8 Å². The van der Waals surface area contributed by atoms with Gasteiger partial charge in [-0.3, -0.25) is 4.79 Å². The van der Waals surface area contributed by atoms with E-state index in [0.29, 0.717) is 6.54 Å². The Hall–Kier alpha value is -2.10. The smallest absolute Gasteiger partial charge is 0.269 e. The third-order valence-corrected chi connectivity index (χ3v) is 3.96. The van der Waals surface area contributed by atoms with Crippen molar-refractivity contribution in [3.05, 3.63) is 44.5 Å². The molecule has 2 aromatic heterocycles. The molecule has 0 bridgehead atoms. The highest BCUT2D eigenvalue weighted by atomic mass is 32.1. The summed E-state index contributed by atoms with van der Waals surface area (Å²) in [6, 6.07) is 3.50. The van der Waals surface area contributed by atoms with Gasteiger partial charge in [0.15, 0.2) is 0 Å². The number of nitrogens with zero attached hydrogens (tertiary/aromatic N) is 3. The standard InChI is InChI=1S/C15H17N3O2S/c1-3-17(2)13-8-15(20)18(16-9-13)10-14-7-12(11-21-14)5-4-6-19/h7-9,11,19H,3,6,10H2,1-2H3. The van der Waals surface area contributed by atoms with Crippen molar-refractivity contribution in [2.45, 2.75) is 13.5 Å². The van der Waals surface area contributed by atoms with Crippen LogP contribution in [0, 0.1) is 11.8 Å². The number of aliphatic hydroxyl groups excluding tert-OH is 1. The van der Waals surface area contributed by atoms with Crippen LogP contribution < -0.4 is 10.5 Å². The molecule has 0 aliphatic carbocycles. The maximum absolute atomic E-state index is 12.1. The summed E-state index contributed by atoms with van der Waals surface area (Å²) in [6.45, 7) is 3.12. The third-order valence-electron chi connectivity index (χ3n) is 3.04. The van der Waals surface area contributed by atoms with Crippen molar-refractivity contribution in [2.24, 2.45) is 0 Å². The molecule has 2 rings (SSSR count). The van der Waals surface area contributed by atoms with Gasteiger partial charge in [-0.15, -0.1) is 11.3 Å². The predicted molar refractivity (Wildman–Crippen MR) is 84.8 cm³/mol. The highest BCUT2D eigenvalue weighted by molar-refractivity contribution is 7.10. The normalized spacial score (nSPS) is 10.0. The minimum Gasteiger partial charge on any atom is -0.384 e. The van der Waals surface area contributed by atoms with Crippen LogP contribution in [0.2, 0.25) is 0 Å². The van der Waals surface area contributed by atoms with Gasteiger partial charge < -0.3 is 10.0 Å². The summed E-state index contributed by atoms with van der Waals surface area (Å²) >= 11 is 1.52. The molecule has 21 heavy (non-hydrogen) atoms. The fourth-order valence-electron chi connectivity index (χ4n) is 1.75. The van der Waals surface area contributed by atoms with Gasteiger partial charge in [0.05, 0.1) is 18.4 Å². The number of thiophene rings is 1. The van der Waals surface area contributed by atoms with E-state index < -0.39 is 0 Å². The Bertz CT molecular complexity index is 724. The van der Waals surface area contributed by atoms with E-state index in [2.05, 4.69) is 16.9 Å². The lowest BCUT2D eigenvalue weighted by molar-refractivity contribution is 0.350. The Kier molecular flexibility index (Phi) is 5.14. The molecule has 0 saturated heterocycles. The van der Waals surface area contributed by atoms with Crippen LogP contribution in [0.25, 0.3) is 0 Å². The van der Waals surface area contributed by atoms with Gasteiger partial charge in [-0.25, -0.2) is 4.68 Å². The van der Waals surface area contributed by atoms with Crippen LogP contribution in [0.15, 0.2) is 28.5 Å². The fraction of sp³-hybridized carbons (Fsp3) is 0.333. The van der Waals surface area contributed by atoms with Crippen molar-refractivity contribution < 1.29 is 5.11 Å². The zero-order valence-electron chi connectivity index (χ0n) is 12.0. The summed E-state index contributed by atoms with van der Waals surface area (Å²) in [5.74, 6) is 5.44. The molecule has 0 radical (unpaired) electrons. The molecule has 0 saturated carbocycles. The Labute approximate surface area is 127 Å². The van der Waals surface area contributed by atoms with Gasteiger partial charge in [0, 0.05) is 35.5 Å². The monoisotopic (exact) mass is 303 g/mol. The van der Waals surface area contributed by atoms with Crippen molar-refractivity contribution in [1.82, 2.24) is 9.78 Å². The van der Waals surface area contributed by atoms with Gasteiger partial charge in [0.25, 0.3) is 5.56 Å². The largest absolute Gasteiger partial charge is 0.384 e. The maximum Gasteiger partial charge on any atom is 0.269 e. The number of aromatic nitrogens is 2. The first-order valence-electron chi connectivity index (χ1n) is 6.59. The summed E-state index contributed by atoms with van der Waals surface area (Å²) in [6.07, 6.45) is 1.70. The van der Waals surface area contributed by atoms with E-state index in [0.717, 1.165) is 22.7 Å². The minimum atomic E-state index is -0.154. The average Bonchev–Trinajstić information content (AvgIpc) is 2.94. The predicted octanol–water partition coefficient (Wildman–Crippen LogP) is 1.15. The molecule has 0 aliphatic rings. The Morgan fingerprint density at radius 1 is 1.48 bits per heavy atom. The van der Waals surface area contributed by atoms with Gasteiger partial charge >= 0.3 is 0 Å². The van der Waals surface area contributed by atoms with Crippen LogP contribution in [0.5, 0.6) is 0 Å². The molecule has 0 fully saturated rings. The van der Waals surface area contributed by atoms with Gasteiger partial charge in [-0.05, 0) is 13.0 Å². The topological polar surface area (TPSA) is 58.4 Å². The zero-order valence-corrected chi connectivity index (χ0v) is 12.9. The lowest BCUT2D eigenvalue weighted by atomic mass is 10.3. The SMILES string of the molecule is CCN(C)c1cnn(Cc2cc(C#CCO)cs2)c(=O)c1. The second-order valence-electron chi connectivity index (χ2n) is 4.49. The van der Waals surface area contributed by atoms with Crippen molar-refractivity contribution in [3.8, 4) is 11.8 Å². The third kappa shape index (κ3) is 3.94. The van der Waals surface area contributed by atoms with Crippen molar-refractivity contribution >= 4 is 17.0 Å². The van der Waals surface area contributed by atoms with Crippen LogP contribution in [-0.2, 0) is 6.54 Å². The van der Waals surface area contributed by atoms with Crippen LogP contribution in [0.3, 0.4) is 0 Å². The summed E-state index contributed by atoms with van der Waals surface area (Å²) in [5, 5.41) is 14.8. The summed E-state index contributed by atoms with van der Waals surface area (Å²) in [4.78, 5) is 15.0. The first-order valence-corrected chi connectivity index (χ1v) is 7.47. The highest BCUT2D eigenvalue weighted by Gasteiger charge is 2.05. The van der Waals surface area contributed by atoms with Crippen molar-refractivity contribution in [3.63, 3.8) is 0 Å². The van der Waals surface area contributed by atoms with Crippen molar-refractivity contribution in [1.29, 1.82) is 0 Å². The van der Waals surface area contributed by atoms with Crippen LogP contribution >= 0.6 is 11.3 Å². The van der Waals surface area contributed by atoms with E-state index in [1.54, 1.807) is 12.3 Å². The van der Waals surface area contributed by atoms with E-state index >= 15 is 0 Å². The van der Waals surface area contributed by atoms with E-state index in [9.17, 15) is 4.79 Å². The Morgan fingerprint density at radius 2 is 2.29 bits per heavy atom. The molecular weight excluding hydrogens is 286 g/mol. The van der Waals surface area contributed by atoms with E-state index in [-0.39, 0.29) is 12.2 Å². The van der Waals surface area contributed by atoms with Crippen LogP contribution in [-0.4, -0.2) is 35.1 Å². The maximum atomic E-state index is 12.1. The highest BCUT2D eigenvalue weighted by Crippen LogP contribution is 2.14. The molecule has 0 aliphatic heterocycles. The number of hydrogen-bond donors (Lipinski definition) is 1. The van der Waals surface area contributed by atoms with Crippen LogP contribution in [0.4, 0.5) is 5.69 Å². The Balaban J connectivity index is 2.16. The summed E-state index contributed by atoms with van der Waals surface area (Å²) in [7, 11) is 1.92. The van der Waals surface area contributed by atoms with Gasteiger partial charge in [-0.2, -0.15) is 5.10 Å². The number of aliphatic hydroxyl groups is 1. The molecule has 0 unspecified atom stereocenters. The van der Waals surface area contributed by atoms with Crippen LogP contribution in [0.1, 0.15) is 17.4 Å². The number of anilines is 1. The quantitative estimate of drug-likeness (QED) is 0.861. The first-order chi connectivity index (χ1) is 10.1. The fourth-order valence-corrected chi connectivity index (χ4v) is 2.55. The minimum absolute atomic E-state index is 0.121. The summed E-state index contributed by atoms with van der Waals surface area (Å²) < 4.78 is 1.43. The second kappa shape index (κ2) is 7.07. The molecule has 2 heterocycles. The molecule has 0 aromatic carbocycles. The molecule has 0 spiro atoms. The molecule has 5 nitrogen and oxygen atoms in total. The van der Waals surface area contributed by atoms with Crippen molar-refractivity contribution in [2.75, 3.05) is 25.1 Å². The second-order valence-corrected chi connectivity index (χ2v) is 5.48. The van der Waals surface area contributed by atoms with Gasteiger partial charge in [0.1, 0.15) is 6.61 Å². The first kappa shape index (κ1) is 15.3. The molecule has 0 amide bonds. The molecule has 2 aromatic rings.